The topological polar surface area (TPSA) is 49.7 Å². The van der Waals surface area contributed by atoms with Crippen LogP contribution in [0.25, 0.3) is 18.5 Å². The van der Waals surface area contributed by atoms with E-state index in [0.29, 0.717) is 0 Å². The minimum Gasteiger partial charge on any atom is -0.749 e. The van der Waals surface area contributed by atoms with Gasteiger partial charge in [-0.3, -0.25) is 23.4 Å². The van der Waals surface area contributed by atoms with Gasteiger partial charge in [-0.1, -0.05) is 40.0 Å². The molecule has 5 nitrogen and oxygen atoms in total. The van der Waals surface area contributed by atoms with Crippen molar-refractivity contribution in [2.75, 3.05) is 0 Å². The van der Waals surface area contributed by atoms with E-state index >= 15 is 0 Å². The number of nitrogens with zero attached hydrogens (tertiary/aromatic N) is 5. The van der Waals surface area contributed by atoms with Crippen molar-refractivity contribution in [1.29, 1.82) is 0 Å². The molecule has 0 aromatic carbocycles. The smallest absolute Gasteiger partial charge is 0.749 e. The molecule has 0 saturated heterocycles. The SMILES string of the molecule is CC.CC.Cc1nnc2n1C=CC2.[CH-]=Cc1ccc[n-]1.[CH-]=Cn1[c-]ccc1.[W+2].[W+2]. The zero-order valence-electron chi connectivity index (χ0n) is 17.7. The summed E-state index contributed by atoms with van der Waals surface area (Å²) in [7, 11) is 0. The molecule has 3 aromatic rings. The van der Waals surface area contributed by atoms with Crippen LogP contribution in [0.2, 0.25) is 0 Å². The number of fused-ring (bicyclic) bond motifs is 1. The second kappa shape index (κ2) is 21.0. The molecule has 1 aliphatic rings. The van der Waals surface area contributed by atoms with Gasteiger partial charge in [-0.15, -0.1) is 28.5 Å². The van der Waals surface area contributed by atoms with Crippen LogP contribution in [-0.4, -0.2) is 19.3 Å². The Labute approximate surface area is 204 Å². The fourth-order valence-corrected chi connectivity index (χ4v) is 1.82. The molecule has 0 radical (unpaired) electrons. The van der Waals surface area contributed by atoms with Gasteiger partial charge < -0.3 is 21.8 Å². The average Bonchev–Trinajstić information content (AvgIpc) is 3.52. The third kappa shape index (κ3) is 12.5. The molecule has 1 aliphatic heterocycles. The van der Waals surface area contributed by atoms with Crippen LogP contribution in [-0.2, 0) is 48.6 Å². The second-order valence-corrected chi connectivity index (χ2v) is 4.54. The monoisotopic (exact) mass is 731 g/mol. The Morgan fingerprint density at radius 1 is 1.10 bits per heavy atom. The van der Waals surface area contributed by atoms with Crippen molar-refractivity contribution < 1.29 is 42.1 Å². The van der Waals surface area contributed by atoms with Crippen molar-refractivity contribution in [2.24, 2.45) is 0 Å². The maximum atomic E-state index is 5.11. The molecule has 154 valence electrons. The molecule has 0 atom stereocenters. The first kappa shape index (κ1) is 32.0. The van der Waals surface area contributed by atoms with E-state index in [1.165, 1.54) is 12.3 Å². The molecule has 4 heterocycles. The van der Waals surface area contributed by atoms with E-state index in [2.05, 4.69) is 27.5 Å². The minimum absolute atomic E-state index is 0. The van der Waals surface area contributed by atoms with Crippen molar-refractivity contribution in [2.45, 2.75) is 41.0 Å². The largest absolute Gasteiger partial charge is 2.00 e. The van der Waals surface area contributed by atoms with Crippen LogP contribution in [0.4, 0.5) is 0 Å². The normalized spacial score (nSPS) is 9.00. The molecule has 0 saturated carbocycles. The number of allylic oxidation sites excluding steroid dienone is 1. The summed E-state index contributed by atoms with van der Waals surface area (Å²) < 4.78 is 3.65. The van der Waals surface area contributed by atoms with E-state index in [9.17, 15) is 0 Å². The molecule has 29 heavy (non-hydrogen) atoms. The predicted octanol–water partition coefficient (Wildman–Crippen LogP) is 4.94. The van der Waals surface area contributed by atoms with Crippen molar-refractivity contribution in [3.8, 4) is 0 Å². The Balaban J connectivity index is -0.000000315. The van der Waals surface area contributed by atoms with Crippen molar-refractivity contribution in [1.82, 2.24) is 24.3 Å². The Morgan fingerprint density at radius 2 is 1.79 bits per heavy atom. The first-order valence-corrected chi connectivity index (χ1v) is 9.04. The Bertz CT molecular complexity index is 719. The molecular weight excluding hydrogens is 702 g/mol. The molecule has 0 unspecified atom stereocenters. The van der Waals surface area contributed by atoms with Crippen LogP contribution in [0.3, 0.4) is 0 Å². The summed E-state index contributed by atoms with van der Waals surface area (Å²) in [5, 5.41) is 7.85. The van der Waals surface area contributed by atoms with Crippen molar-refractivity contribution >= 4 is 18.5 Å². The van der Waals surface area contributed by atoms with Gasteiger partial charge in [-0.25, -0.2) is 0 Å². The van der Waals surface area contributed by atoms with Gasteiger partial charge in [-0.2, -0.15) is 18.3 Å². The average molecular weight is 731 g/mol. The van der Waals surface area contributed by atoms with E-state index in [1.54, 1.807) is 16.8 Å². The van der Waals surface area contributed by atoms with Crippen molar-refractivity contribution in [3.05, 3.63) is 79.4 Å². The van der Waals surface area contributed by atoms with E-state index in [-0.39, 0.29) is 42.1 Å². The zero-order chi connectivity index (χ0) is 20.5. The molecule has 3 aromatic heterocycles. The predicted molar refractivity (Wildman–Crippen MR) is 113 cm³/mol. The number of rotatable bonds is 2. The molecule has 0 N–H and O–H groups in total. The molecular formula is C22H29N5W2. The van der Waals surface area contributed by atoms with Gasteiger partial charge in [0.25, 0.3) is 0 Å². The van der Waals surface area contributed by atoms with Crippen molar-refractivity contribution in [3.63, 3.8) is 0 Å². The molecule has 0 amide bonds. The van der Waals surface area contributed by atoms with Gasteiger partial charge in [0.05, 0.1) is 0 Å². The zero-order valence-corrected chi connectivity index (χ0v) is 23.6. The van der Waals surface area contributed by atoms with E-state index < -0.39 is 0 Å². The van der Waals surface area contributed by atoms with Crippen LogP contribution in [0, 0.1) is 26.3 Å². The van der Waals surface area contributed by atoms with Crippen LogP contribution in [0.1, 0.15) is 45.0 Å². The Hall–Kier alpha value is -1.70. The van der Waals surface area contributed by atoms with Gasteiger partial charge in [0.2, 0.25) is 0 Å². The molecule has 4 rings (SSSR count). The third-order valence-electron chi connectivity index (χ3n) is 2.97. The van der Waals surface area contributed by atoms with Gasteiger partial charge in [0.1, 0.15) is 11.6 Å². The molecule has 0 fully saturated rings. The number of aromatic nitrogens is 5. The van der Waals surface area contributed by atoms with E-state index in [4.69, 9.17) is 13.2 Å². The van der Waals surface area contributed by atoms with Crippen LogP contribution in [0.5, 0.6) is 0 Å². The fraction of sp³-hybridized carbons (Fsp3) is 0.273. The minimum atomic E-state index is 0. The standard InChI is InChI=1S/C6H7N3.2C6H5N.2C2H6.2W/c1-5-7-8-6-3-2-4-9(5)6;1-2-7-5-3-4-6-7;1-2-6-4-3-5-7-6;2*1-2;;/h2,4H,3H2,1H3;2*1-5H;2*1-2H3;;/q;2*-2;;;2*+2. The molecule has 0 spiro atoms. The Morgan fingerprint density at radius 3 is 2.17 bits per heavy atom. The summed E-state index contributed by atoms with van der Waals surface area (Å²) in [6, 6.07) is 7.35. The summed E-state index contributed by atoms with van der Waals surface area (Å²) in [4.78, 5) is 3.85. The maximum absolute atomic E-state index is 5.11. The maximum Gasteiger partial charge on any atom is 2.00 e. The summed E-state index contributed by atoms with van der Waals surface area (Å²) in [6.45, 7) is 20.2. The first-order chi connectivity index (χ1) is 13.2. The first-order valence-electron chi connectivity index (χ1n) is 9.04. The summed E-state index contributed by atoms with van der Waals surface area (Å²) in [6.07, 6.45) is 14.3. The second-order valence-electron chi connectivity index (χ2n) is 4.54. The fourth-order valence-electron chi connectivity index (χ4n) is 1.82. The number of aryl methyl sites for hydroxylation is 1. The third-order valence-corrected chi connectivity index (χ3v) is 2.97. The summed E-state index contributed by atoms with van der Waals surface area (Å²) >= 11 is 0. The van der Waals surface area contributed by atoms with Crippen LogP contribution >= 0.6 is 0 Å². The summed E-state index contributed by atoms with van der Waals surface area (Å²) in [5.74, 6) is 2.02. The molecule has 0 aliphatic carbocycles. The van der Waals surface area contributed by atoms with Gasteiger partial charge in [0, 0.05) is 12.6 Å². The van der Waals surface area contributed by atoms with E-state index in [1.807, 2.05) is 69.8 Å². The number of hydrogen-bond acceptors (Lipinski definition) is 2. The van der Waals surface area contributed by atoms with Gasteiger partial charge in [-0.05, 0) is 6.92 Å². The van der Waals surface area contributed by atoms with Gasteiger partial charge in [0.15, 0.2) is 0 Å². The summed E-state index contributed by atoms with van der Waals surface area (Å²) in [5.41, 5.74) is 0.833. The molecule has 0 bridgehead atoms. The molecule has 7 heteroatoms. The van der Waals surface area contributed by atoms with Crippen LogP contribution in [0.15, 0.2) is 42.7 Å². The number of hydrogen-bond donors (Lipinski definition) is 0. The van der Waals surface area contributed by atoms with E-state index in [0.717, 1.165) is 23.8 Å². The quantitative estimate of drug-likeness (QED) is 0.352. The van der Waals surface area contributed by atoms with Crippen LogP contribution < -0.4 is 4.98 Å². The Kier molecular flexibility index (Phi) is 23.2. The van der Waals surface area contributed by atoms with Gasteiger partial charge >= 0.3 is 42.1 Å².